The highest BCUT2D eigenvalue weighted by atomic mass is 16.2. The normalized spacial score (nSPS) is 16.0. The van der Waals surface area contributed by atoms with Crippen molar-refractivity contribution in [2.24, 2.45) is 0 Å². The van der Waals surface area contributed by atoms with Gasteiger partial charge < -0.3 is 10.6 Å². The Bertz CT molecular complexity index is 1080. The number of benzene rings is 1. The zero-order chi connectivity index (χ0) is 21.6. The first-order valence-electron chi connectivity index (χ1n) is 10.3. The molecule has 1 aromatic carbocycles. The fourth-order valence-electron chi connectivity index (χ4n) is 3.61. The van der Waals surface area contributed by atoms with Crippen molar-refractivity contribution in [2.75, 3.05) is 13.1 Å². The Kier molecular flexibility index (Phi) is 6.21. The summed E-state index contributed by atoms with van der Waals surface area (Å²) >= 11 is 0. The van der Waals surface area contributed by atoms with Crippen molar-refractivity contribution >= 4 is 23.5 Å². The molecule has 1 aliphatic heterocycles. The number of pyridine rings is 1. The van der Waals surface area contributed by atoms with Crippen LogP contribution < -0.4 is 10.6 Å². The lowest BCUT2D eigenvalue weighted by Gasteiger charge is -2.13. The SMILES string of the molecule is O=C(C[C@@H]1NC(=O)N(CCc2ccccc2)C1=O)NCCCc1nnc2ccccn12. The smallest absolute Gasteiger partial charge is 0.324 e. The molecule has 0 radical (unpaired) electrons. The van der Waals surface area contributed by atoms with E-state index in [2.05, 4.69) is 20.8 Å². The second-order valence-corrected chi connectivity index (χ2v) is 7.43. The number of rotatable bonds is 9. The molecule has 1 atom stereocenters. The van der Waals surface area contributed by atoms with Crippen LogP contribution in [0.5, 0.6) is 0 Å². The lowest BCUT2D eigenvalue weighted by atomic mass is 10.1. The van der Waals surface area contributed by atoms with Crippen molar-refractivity contribution in [1.82, 2.24) is 30.1 Å². The summed E-state index contributed by atoms with van der Waals surface area (Å²) in [6, 6.07) is 14.1. The number of imide groups is 1. The maximum atomic E-state index is 12.5. The van der Waals surface area contributed by atoms with Gasteiger partial charge in [-0.25, -0.2) is 4.79 Å². The second kappa shape index (κ2) is 9.38. The van der Waals surface area contributed by atoms with Crippen LogP contribution >= 0.6 is 0 Å². The van der Waals surface area contributed by atoms with E-state index in [1.165, 1.54) is 4.90 Å². The fraction of sp³-hybridized carbons (Fsp3) is 0.318. The van der Waals surface area contributed by atoms with Crippen LogP contribution in [0.1, 0.15) is 24.2 Å². The molecule has 1 aliphatic rings. The molecular formula is C22H24N6O3. The Morgan fingerprint density at radius 1 is 1.03 bits per heavy atom. The Hall–Kier alpha value is -3.75. The maximum absolute atomic E-state index is 12.5. The van der Waals surface area contributed by atoms with Crippen LogP contribution in [-0.4, -0.2) is 56.5 Å². The predicted molar refractivity (Wildman–Crippen MR) is 113 cm³/mol. The van der Waals surface area contributed by atoms with Crippen molar-refractivity contribution < 1.29 is 14.4 Å². The number of fused-ring (bicyclic) bond motifs is 1. The Morgan fingerprint density at radius 3 is 2.68 bits per heavy atom. The van der Waals surface area contributed by atoms with Gasteiger partial charge in [-0.2, -0.15) is 0 Å². The van der Waals surface area contributed by atoms with E-state index in [0.717, 1.165) is 17.0 Å². The minimum atomic E-state index is -0.816. The quantitative estimate of drug-likeness (QED) is 0.401. The van der Waals surface area contributed by atoms with Crippen LogP contribution in [0.2, 0.25) is 0 Å². The van der Waals surface area contributed by atoms with Crippen LogP contribution in [0, 0.1) is 0 Å². The predicted octanol–water partition coefficient (Wildman–Crippen LogP) is 1.33. The van der Waals surface area contributed by atoms with E-state index in [1.807, 2.05) is 59.1 Å². The van der Waals surface area contributed by atoms with Crippen molar-refractivity contribution in [2.45, 2.75) is 31.7 Å². The molecule has 4 rings (SSSR count). The highest BCUT2D eigenvalue weighted by Crippen LogP contribution is 2.11. The van der Waals surface area contributed by atoms with Crippen LogP contribution in [0.3, 0.4) is 0 Å². The van der Waals surface area contributed by atoms with Gasteiger partial charge in [-0.3, -0.25) is 18.9 Å². The van der Waals surface area contributed by atoms with Crippen molar-refractivity contribution in [3.8, 4) is 0 Å². The van der Waals surface area contributed by atoms with Crippen LogP contribution in [-0.2, 0) is 22.4 Å². The van der Waals surface area contributed by atoms with E-state index in [1.54, 1.807) is 0 Å². The van der Waals surface area contributed by atoms with E-state index in [-0.39, 0.29) is 18.2 Å². The van der Waals surface area contributed by atoms with Gasteiger partial charge in [-0.15, -0.1) is 10.2 Å². The molecule has 2 N–H and O–H groups in total. The molecule has 0 bridgehead atoms. The molecule has 2 aromatic heterocycles. The third kappa shape index (κ3) is 4.88. The van der Waals surface area contributed by atoms with E-state index in [0.29, 0.717) is 32.4 Å². The molecule has 3 heterocycles. The first kappa shape index (κ1) is 20.5. The third-order valence-electron chi connectivity index (χ3n) is 5.25. The average molecular weight is 420 g/mol. The monoisotopic (exact) mass is 420 g/mol. The zero-order valence-corrected chi connectivity index (χ0v) is 17.0. The summed E-state index contributed by atoms with van der Waals surface area (Å²) in [6.07, 6.45) is 3.77. The minimum absolute atomic E-state index is 0.0692. The summed E-state index contributed by atoms with van der Waals surface area (Å²) in [4.78, 5) is 38.1. The largest absolute Gasteiger partial charge is 0.356 e. The molecule has 1 fully saturated rings. The average Bonchev–Trinajstić information content (AvgIpc) is 3.31. The van der Waals surface area contributed by atoms with E-state index < -0.39 is 12.1 Å². The number of hydrogen-bond donors (Lipinski definition) is 2. The van der Waals surface area contributed by atoms with E-state index >= 15 is 0 Å². The standard InChI is InChI=1S/C22H24N6O3/c29-20(23-12-6-10-19-26-25-18-9-4-5-13-27(18)19)15-17-21(30)28(22(31)24-17)14-11-16-7-2-1-3-8-16/h1-5,7-9,13,17H,6,10-12,14-15H2,(H,23,29)(H,24,31)/t17-/m0/s1. The number of hydrogen-bond acceptors (Lipinski definition) is 5. The molecule has 0 aliphatic carbocycles. The molecule has 1 saturated heterocycles. The van der Waals surface area contributed by atoms with Crippen LogP contribution in [0.25, 0.3) is 5.65 Å². The number of amides is 4. The minimum Gasteiger partial charge on any atom is -0.356 e. The van der Waals surface area contributed by atoms with Gasteiger partial charge in [0, 0.05) is 25.7 Å². The fourth-order valence-corrected chi connectivity index (χ4v) is 3.61. The van der Waals surface area contributed by atoms with Gasteiger partial charge in [0.25, 0.3) is 5.91 Å². The van der Waals surface area contributed by atoms with Gasteiger partial charge in [0.2, 0.25) is 5.91 Å². The Morgan fingerprint density at radius 2 is 1.84 bits per heavy atom. The van der Waals surface area contributed by atoms with Crippen LogP contribution in [0.4, 0.5) is 4.79 Å². The Balaban J connectivity index is 1.20. The first-order valence-corrected chi connectivity index (χ1v) is 10.3. The molecular weight excluding hydrogens is 396 g/mol. The van der Waals surface area contributed by atoms with Crippen LogP contribution in [0.15, 0.2) is 54.7 Å². The number of carbonyl (C=O) groups excluding carboxylic acids is 3. The van der Waals surface area contributed by atoms with Gasteiger partial charge in [0.15, 0.2) is 5.65 Å². The molecule has 9 heteroatoms. The third-order valence-corrected chi connectivity index (χ3v) is 5.25. The molecule has 0 saturated carbocycles. The molecule has 3 aromatic rings. The summed E-state index contributed by atoms with van der Waals surface area (Å²) in [5.41, 5.74) is 1.83. The molecule has 160 valence electrons. The van der Waals surface area contributed by atoms with E-state index in [4.69, 9.17) is 0 Å². The van der Waals surface area contributed by atoms with Gasteiger partial charge in [-0.05, 0) is 30.5 Å². The lowest BCUT2D eigenvalue weighted by molar-refractivity contribution is -0.130. The summed E-state index contributed by atoms with van der Waals surface area (Å²) < 4.78 is 1.92. The molecule has 9 nitrogen and oxygen atoms in total. The van der Waals surface area contributed by atoms with E-state index in [9.17, 15) is 14.4 Å². The van der Waals surface area contributed by atoms with Gasteiger partial charge in [0.05, 0.1) is 6.42 Å². The van der Waals surface area contributed by atoms with Crippen molar-refractivity contribution in [3.63, 3.8) is 0 Å². The topological polar surface area (TPSA) is 109 Å². The summed E-state index contributed by atoms with van der Waals surface area (Å²) in [7, 11) is 0. The van der Waals surface area contributed by atoms with Gasteiger partial charge in [-0.1, -0.05) is 36.4 Å². The van der Waals surface area contributed by atoms with Crippen molar-refractivity contribution in [3.05, 3.63) is 66.1 Å². The highest BCUT2D eigenvalue weighted by molar-refractivity contribution is 6.05. The number of nitrogens with zero attached hydrogens (tertiary/aromatic N) is 4. The molecule has 0 spiro atoms. The number of urea groups is 1. The number of nitrogens with one attached hydrogen (secondary N) is 2. The van der Waals surface area contributed by atoms with Gasteiger partial charge in [0.1, 0.15) is 11.9 Å². The summed E-state index contributed by atoms with van der Waals surface area (Å²) in [5.74, 6) is 0.206. The second-order valence-electron chi connectivity index (χ2n) is 7.43. The Labute approximate surface area is 179 Å². The summed E-state index contributed by atoms with van der Waals surface area (Å²) in [6.45, 7) is 0.742. The first-order chi connectivity index (χ1) is 15.1. The van der Waals surface area contributed by atoms with Crippen molar-refractivity contribution in [1.29, 1.82) is 0 Å². The molecule has 4 amide bonds. The number of aryl methyl sites for hydroxylation is 1. The summed E-state index contributed by atoms with van der Waals surface area (Å²) in [5, 5.41) is 13.7. The number of carbonyl (C=O) groups is 3. The number of aromatic nitrogens is 3. The molecule has 0 unspecified atom stereocenters. The highest BCUT2D eigenvalue weighted by Gasteiger charge is 2.38. The van der Waals surface area contributed by atoms with Gasteiger partial charge >= 0.3 is 6.03 Å². The maximum Gasteiger partial charge on any atom is 0.324 e. The lowest BCUT2D eigenvalue weighted by Crippen LogP contribution is -2.37. The molecule has 31 heavy (non-hydrogen) atoms. The zero-order valence-electron chi connectivity index (χ0n) is 17.0.